The van der Waals surface area contributed by atoms with Gasteiger partial charge in [0.2, 0.25) is 5.91 Å². The Morgan fingerprint density at radius 3 is 2.50 bits per heavy atom. The number of carbonyl (C=O) groups excluding carboxylic acids is 2. The summed E-state index contributed by atoms with van der Waals surface area (Å²) in [5.74, 6) is -0.227. The lowest BCUT2D eigenvalue weighted by atomic mass is 9.82. The van der Waals surface area contributed by atoms with E-state index in [0.29, 0.717) is 5.76 Å². The molecular formula is C20H27NO7. The number of hydrogen-bond acceptors (Lipinski definition) is 7. The molecule has 1 heterocycles. The van der Waals surface area contributed by atoms with Crippen molar-refractivity contribution in [2.75, 3.05) is 27.7 Å². The first-order valence-corrected chi connectivity index (χ1v) is 8.98. The molecule has 2 rings (SSSR count). The molecular weight excluding hydrogens is 366 g/mol. The minimum absolute atomic E-state index is 0.0479. The predicted molar refractivity (Wildman–Crippen MR) is 99.9 cm³/mol. The highest BCUT2D eigenvalue weighted by Gasteiger charge is 2.53. The van der Waals surface area contributed by atoms with Crippen molar-refractivity contribution in [3.63, 3.8) is 0 Å². The summed E-state index contributed by atoms with van der Waals surface area (Å²) in [4.78, 5) is 26.1. The van der Waals surface area contributed by atoms with E-state index in [1.54, 1.807) is 19.9 Å². The second-order valence-electron chi connectivity index (χ2n) is 6.29. The Morgan fingerprint density at radius 2 is 1.89 bits per heavy atom. The number of β-lactam (4-membered cyclic amide) rings is 1. The summed E-state index contributed by atoms with van der Waals surface area (Å²) in [6.07, 6.45) is 0.231. The summed E-state index contributed by atoms with van der Waals surface area (Å²) in [7, 11) is 3.02. The Kier molecular flexibility index (Phi) is 8.28. The third-order valence-electron chi connectivity index (χ3n) is 4.42. The molecule has 0 radical (unpaired) electrons. The molecule has 0 aromatic heterocycles. The predicted octanol–water partition coefficient (Wildman–Crippen LogP) is 2.68. The van der Waals surface area contributed by atoms with Gasteiger partial charge in [-0.3, -0.25) is 4.79 Å². The summed E-state index contributed by atoms with van der Waals surface area (Å²) in [5.41, 5.74) is 0.847. The Labute approximate surface area is 164 Å². The number of amides is 1. The first-order chi connectivity index (χ1) is 13.5. The van der Waals surface area contributed by atoms with Gasteiger partial charge in [0.1, 0.15) is 37.2 Å². The van der Waals surface area contributed by atoms with Crippen molar-refractivity contribution in [1.29, 1.82) is 0 Å². The number of nitrogens with zero attached hydrogens (tertiary/aromatic N) is 1. The Bertz CT molecular complexity index is 676. The summed E-state index contributed by atoms with van der Waals surface area (Å²) < 4.78 is 26.1. The molecule has 0 unspecified atom stereocenters. The van der Waals surface area contributed by atoms with Gasteiger partial charge in [0, 0.05) is 14.2 Å². The van der Waals surface area contributed by atoms with Crippen LogP contribution < -0.4 is 0 Å². The molecule has 1 aromatic carbocycles. The fourth-order valence-corrected chi connectivity index (χ4v) is 3.09. The molecule has 0 N–H and O–H groups in total. The van der Waals surface area contributed by atoms with Gasteiger partial charge >= 0.3 is 6.16 Å². The van der Waals surface area contributed by atoms with Crippen LogP contribution >= 0.6 is 0 Å². The number of methoxy groups -OCH3 is 2. The van der Waals surface area contributed by atoms with Crippen LogP contribution in [0.4, 0.5) is 4.79 Å². The maximum Gasteiger partial charge on any atom is 0.508 e. The molecule has 8 heteroatoms. The van der Waals surface area contributed by atoms with E-state index in [9.17, 15) is 9.59 Å². The molecule has 3 atom stereocenters. The zero-order valence-electron chi connectivity index (χ0n) is 16.6. The van der Waals surface area contributed by atoms with Crippen LogP contribution in [0, 0.1) is 5.92 Å². The summed E-state index contributed by atoms with van der Waals surface area (Å²) in [6, 6.07) is 8.86. The lowest BCUT2D eigenvalue weighted by Crippen LogP contribution is -2.65. The van der Waals surface area contributed by atoms with Crippen LogP contribution in [0.2, 0.25) is 0 Å². The summed E-state index contributed by atoms with van der Waals surface area (Å²) >= 11 is 0. The average molecular weight is 393 g/mol. The molecule has 0 spiro atoms. The average Bonchev–Trinajstić information content (AvgIpc) is 2.70. The van der Waals surface area contributed by atoms with Gasteiger partial charge in [-0.2, -0.15) is 0 Å². The van der Waals surface area contributed by atoms with E-state index in [2.05, 4.69) is 0 Å². The van der Waals surface area contributed by atoms with E-state index in [1.165, 1.54) is 19.1 Å². The number of carbonyl (C=O) groups is 2. The van der Waals surface area contributed by atoms with Crippen molar-refractivity contribution in [1.82, 2.24) is 4.90 Å². The van der Waals surface area contributed by atoms with Crippen LogP contribution in [0.25, 0.3) is 0 Å². The second kappa shape index (κ2) is 10.7. The SMILES string of the molecule is CC=C(OCOC)[C@@H]1[C@@H]([C@@H](C)OC(=O)OCc2ccccc2)C(=O)N1COC. The highest BCUT2D eigenvalue weighted by molar-refractivity contribution is 5.88. The Balaban J connectivity index is 1.99. The van der Waals surface area contributed by atoms with Crippen LogP contribution in [0.5, 0.6) is 0 Å². The first kappa shape index (κ1) is 21.7. The van der Waals surface area contributed by atoms with Crippen molar-refractivity contribution >= 4 is 12.1 Å². The van der Waals surface area contributed by atoms with E-state index in [-0.39, 0.29) is 26.0 Å². The van der Waals surface area contributed by atoms with Gasteiger partial charge in [-0.15, -0.1) is 0 Å². The molecule has 8 nitrogen and oxygen atoms in total. The first-order valence-electron chi connectivity index (χ1n) is 8.98. The monoisotopic (exact) mass is 393 g/mol. The van der Waals surface area contributed by atoms with E-state index < -0.39 is 24.2 Å². The smallest absolute Gasteiger partial charge is 0.470 e. The summed E-state index contributed by atoms with van der Waals surface area (Å²) in [5, 5.41) is 0. The van der Waals surface area contributed by atoms with Gasteiger partial charge in [0.05, 0.1) is 0 Å². The standard InChI is InChI=1S/C20H27NO7/c1-5-16(27-13-25-4)18-17(19(22)21(18)12-24-3)14(2)28-20(23)26-11-15-9-7-6-8-10-15/h5-10,14,17-18H,11-13H2,1-4H3/t14-,17-,18-/m1/s1. The Hall–Kier alpha value is -2.58. The van der Waals surface area contributed by atoms with Crippen molar-refractivity contribution in [2.24, 2.45) is 5.92 Å². The van der Waals surface area contributed by atoms with Crippen LogP contribution in [-0.2, 0) is 35.1 Å². The fraction of sp³-hybridized carbons (Fsp3) is 0.500. The van der Waals surface area contributed by atoms with E-state index in [1.807, 2.05) is 30.3 Å². The van der Waals surface area contributed by atoms with Crippen LogP contribution in [-0.4, -0.2) is 56.9 Å². The molecule has 0 bridgehead atoms. The number of ether oxygens (including phenoxy) is 5. The minimum Gasteiger partial charge on any atom is -0.470 e. The number of allylic oxidation sites excluding steroid dienone is 1. The molecule has 1 fully saturated rings. The molecule has 1 aliphatic rings. The summed E-state index contributed by atoms with van der Waals surface area (Å²) in [6.45, 7) is 3.72. The third-order valence-corrected chi connectivity index (χ3v) is 4.42. The number of benzene rings is 1. The normalized spacial score (nSPS) is 20.4. The molecule has 0 aliphatic carbocycles. The van der Waals surface area contributed by atoms with Gasteiger partial charge in [0.25, 0.3) is 0 Å². The maximum absolute atomic E-state index is 12.6. The Morgan fingerprint density at radius 1 is 1.18 bits per heavy atom. The molecule has 0 saturated carbocycles. The van der Waals surface area contributed by atoms with E-state index >= 15 is 0 Å². The van der Waals surface area contributed by atoms with Crippen molar-refractivity contribution in [3.8, 4) is 0 Å². The van der Waals surface area contributed by atoms with Gasteiger partial charge in [-0.25, -0.2) is 4.79 Å². The zero-order chi connectivity index (χ0) is 20.5. The van der Waals surface area contributed by atoms with Crippen LogP contribution in [0.15, 0.2) is 42.2 Å². The largest absolute Gasteiger partial charge is 0.508 e. The van der Waals surface area contributed by atoms with Crippen molar-refractivity contribution in [3.05, 3.63) is 47.7 Å². The topological polar surface area (TPSA) is 83.5 Å². The molecule has 1 saturated heterocycles. The van der Waals surface area contributed by atoms with Gasteiger partial charge in [0.15, 0.2) is 6.79 Å². The van der Waals surface area contributed by atoms with Crippen LogP contribution in [0.3, 0.4) is 0 Å². The number of rotatable bonds is 10. The van der Waals surface area contributed by atoms with Gasteiger partial charge < -0.3 is 28.6 Å². The lowest BCUT2D eigenvalue weighted by molar-refractivity contribution is -0.175. The van der Waals surface area contributed by atoms with Crippen LogP contribution in [0.1, 0.15) is 19.4 Å². The highest BCUT2D eigenvalue weighted by Crippen LogP contribution is 2.36. The lowest BCUT2D eigenvalue weighted by Gasteiger charge is -2.48. The second-order valence-corrected chi connectivity index (χ2v) is 6.29. The minimum atomic E-state index is -0.826. The number of likely N-dealkylation sites (tertiary alicyclic amines) is 1. The zero-order valence-corrected chi connectivity index (χ0v) is 16.6. The van der Waals surface area contributed by atoms with E-state index in [0.717, 1.165) is 5.56 Å². The molecule has 154 valence electrons. The quantitative estimate of drug-likeness (QED) is 0.262. The van der Waals surface area contributed by atoms with Crippen molar-refractivity contribution in [2.45, 2.75) is 32.6 Å². The molecule has 1 amide bonds. The van der Waals surface area contributed by atoms with Crippen molar-refractivity contribution < 1.29 is 33.3 Å². The highest BCUT2D eigenvalue weighted by atomic mass is 16.7. The van der Waals surface area contributed by atoms with Gasteiger partial charge in [-0.1, -0.05) is 30.3 Å². The third kappa shape index (κ3) is 5.24. The van der Waals surface area contributed by atoms with E-state index in [4.69, 9.17) is 23.7 Å². The maximum atomic E-state index is 12.6. The molecule has 1 aliphatic heterocycles. The fourth-order valence-electron chi connectivity index (χ4n) is 3.09. The molecule has 28 heavy (non-hydrogen) atoms. The van der Waals surface area contributed by atoms with Gasteiger partial charge in [-0.05, 0) is 25.5 Å². The molecule has 1 aromatic rings. The number of hydrogen-bond donors (Lipinski definition) is 0.